The lowest BCUT2D eigenvalue weighted by molar-refractivity contribution is -0.136. The highest BCUT2D eigenvalue weighted by Gasteiger charge is 2.23. The molecule has 1 heterocycles. The van der Waals surface area contributed by atoms with Gasteiger partial charge in [-0.15, -0.1) is 11.8 Å². The number of nitrogens with zero attached hydrogens (tertiary/aromatic N) is 1. The average molecular weight is 267 g/mol. The topological polar surface area (TPSA) is 49.8 Å². The summed E-state index contributed by atoms with van der Waals surface area (Å²) in [7, 11) is 1.65. The van der Waals surface area contributed by atoms with E-state index in [4.69, 9.17) is 9.84 Å². The van der Waals surface area contributed by atoms with Gasteiger partial charge in [0.25, 0.3) is 0 Å². The van der Waals surface area contributed by atoms with Gasteiger partial charge in [0.1, 0.15) is 5.75 Å². The summed E-state index contributed by atoms with van der Waals surface area (Å²) in [4.78, 5) is 14.0. The average Bonchev–Trinajstić information content (AvgIpc) is 2.34. The number of rotatable bonds is 4. The minimum absolute atomic E-state index is 0.169. The molecule has 98 valence electrons. The molecule has 1 aromatic rings. The van der Waals surface area contributed by atoms with Gasteiger partial charge in [-0.1, -0.05) is 6.92 Å². The molecule has 1 aliphatic heterocycles. The van der Waals surface area contributed by atoms with Crippen LogP contribution in [-0.4, -0.2) is 36.5 Å². The quantitative estimate of drug-likeness (QED) is 0.908. The molecule has 1 unspecified atom stereocenters. The number of fused-ring (bicyclic) bond motifs is 1. The third-order valence-electron chi connectivity index (χ3n) is 2.91. The lowest BCUT2D eigenvalue weighted by atomic mass is 10.2. The van der Waals surface area contributed by atoms with Gasteiger partial charge < -0.3 is 14.7 Å². The van der Waals surface area contributed by atoms with Crippen LogP contribution in [0.25, 0.3) is 0 Å². The normalized spacial score (nSPS) is 18.3. The molecular formula is C13H17NO3S. The molecule has 0 aromatic heterocycles. The zero-order chi connectivity index (χ0) is 13.1. The van der Waals surface area contributed by atoms with Crippen LogP contribution in [0.15, 0.2) is 23.1 Å². The molecule has 0 aliphatic carbocycles. The van der Waals surface area contributed by atoms with Crippen molar-refractivity contribution in [2.24, 2.45) is 0 Å². The van der Waals surface area contributed by atoms with Crippen molar-refractivity contribution in [3.8, 4) is 5.75 Å². The number of thioether (sulfide) groups is 1. The van der Waals surface area contributed by atoms with Gasteiger partial charge in [-0.2, -0.15) is 0 Å². The number of carboxylic acids is 1. The van der Waals surface area contributed by atoms with E-state index in [0.29, 0.717) is 11.8 Å². The predicted molar refractivity (Wildman–Crippen MR) is 72.8 cm³/mol. The molecule has 0 radical (unpaired) electrons. The van der Waals surface area contributed by atoms with Crippen LogP contribution >= 0.6 is 11.8 Å². The molecule has 0 spiro atoms. The molecule has 1 N–H and O–H groups in total. The smallest absolute Gasteiger partial charge is 0.305 e. The van der Waals surface area contributed by atoms with Crippen LogP contribution < -0.4 is 9.64 Å². The first kappa shape index (κ1) is 13.1. The summed E-state index contributed by atoms with van der Waals surface area (Å²) in [5, 5.41) is 9.25. The van der Waals surface area contributed by atoms with Gasteiger partial charge in [-0.05, 0) is 18.2 Å². The van der Waals surface area contributed by atoms with E-state index in [0.717, 1.165) is 18.0 Å². The van der Waals surface area contributed by atoms with Crippen molar-refractivity contribution >= 4 is 23.4 Å². The third-order valence-corrected chi connectivity index (χ3v) is 4.04. The lowest BCUT2D eigenvalue weighted by Crippen LogP contribution is -2.34. The summed E-state index contributed by atoms with van der Waals surface area (Å²) in [6.45, 7) is 3.59. The highest BCUT2D eigenvalue weighted by Crippen LogP contribution is 2.40. The molecule has 0 saturated heterocycles. The number of hydrogen-bond acceptors (Lipinski definition) is 4. The van der Waals surface area contributed by atoms with Gasteiger partial charge in [-0.25, -0.2) is 0 Å². The highest BCUT2D eigenvalue weighted by molar-refractivity contribution is 8.00. The van der Waals surface area contributed by atoms with E-state index in [2.05, 4.69) is 11.8 Å². The molecule has 1 atom stereocenters. The summed E-state index contributed by atoms with van der Waals surface area (Å²) in [5.41, 5.74) is 1.11. The molecule has 0 fully saturated rings. The fourth-order valence-electron chi connectivity index (χ4n) is 2.08. The number of benzene rings is 1. The van der Waals surface area contributed by atoms with Crippen LogP contribution in [0.5, 0.6) is 5.75 Å². The molecule has 0 amide bonds. The minimum atomic E-state index is -0.754. The number of methoxy groups -OCH3 is 1. The summed E-state index contributed by atoms with van der Waals surface area (Å²) < 4.78 is 5.22. The number of aliphatic carboxylic acids is 1. The summed E-state index contributed by atoms with van der Waals surface area (Å²) in [6.07, 6.45) is 0.169. The van der Waals surface area contributed by atoms with E-state index in [1.54, 1.807) is 7.11 Å². The van der Waals surface area contributed by atoms with Crippen molar-refractivity contribution in [1.82, 2.24) is 0 Å². The summed E-state index contributed by atoms with van der Waals surface area (Å²) >= 11 is 1.81. The van der Waals surface area contributed by atoms with Gasteiger partial charge in [0, 0.05) is 23.2 Å². The number of carbonyl (C=O) groups is 1. The first-order valence-corrected chi connectivity index (χ1v) is 6.79. The van der Waals surface area contributed by atoms with Crippen molar-refractivity contribution in [2.45, 2.75) is 23.5 Å². The van der Waals surface area contributed by atoms with Gasteiger partial charge in [0.2, 0.25) is 0 Å². The van der Waals surface area contributed by atoms with E-state index in [9.17, 15) is 4.79 Å². The second-order valence-corrected chi connectivity index (χ2v) is 5.83. The van der Waals surface area contributed by atoms with Crippen molar-refractivity contribution in [3.63, 3.8) is 0 Å². The van der Waals surface area contributed by atoms with E-state index in [-0.39, 0.29) is 6.42 Å². The Morgan fingerprint density at radius 1 is 1.61 bits per heavy atom. The first-order valence-electron chi connectivity index (χ1n) is 5.91. The Labute approximate surface area is 111 Å². The highest BCUT2D eigenvalue weighted by atomic mass is 32.2. The van der Waals surface area contributed by atoms with Crippen LogP contribution in [0.4, 0.5) is 5.69 Å². The first-order chi connectivity index (χ1) is 8.60. The third kappa shape index (κ3) is 2.90. The van der Waals surface area contributed by atoms with Crippen LogP contribution in [0.1, 0.15) is 13.3 Å². The molecule has 4 nitrogen and oxygen atoms in total. The molecule has 0 bridgehead atoms. The Morgan fingerprint density at radius 2 is 2.39 bits per heavy atom. The lowest BCUT2D eigenvalue weighted by Gasteiger charge is -2.34. The monoisotopic (exact) mass is 267 g/mol. The van der Waals surface area contributed by atoms with E-state index < -0.39 is 5.97 Å². The molecule has 1 aliphatic rings. The Bertz CT molecular complexity index is 450. The van der Waals surface area contributed by atoms with Crippen LogP contribution in [0, 0.1) is 0 Å². The largest absolute Gasteiger partial charge is 0.497 e. The summed E-state index contributed by atoms with van der Waals surface area (Å²) in [5.74, 6) is 0.0875. The maximum Gasteiger partial charge on any atom is 0.305 e. The number of carboxylic acid groups (broad SMARTS) is 1. The standard InChI is InChI=1S/C13H17NO3S/c1-9-8-14(6-5-13(15)16)11-4-3-10(17-2)7-12(11)18-9/h3-4,7,9H,5-6,8H2,1-2H3,(H,15,16). The molecule has 18 heavy (non-hydrogen) atoms. The van der Waals surface area contributed by atoms with Crippen molar-refractivity contribution in [1.29, 1.82) is 0 Å². The fraction of sp³-hybridized carbons (Fsp3) is 0.462. The molecule has 5 heteroatoms. The van der Waals surface area contributed by atoms with Crippen molar-refractivity contribution in [2.75, 3.05) is 25.1 Å². The minimum Gasteiger partial charge on any atom is -0.497 e. The summed E-state index contributed by atoms with van der Waals surface area (Å²) in [6, 6.07) is 5.95. The second kappa shape index (κ2) is 5.52. The van der Waals surface area contributed by atoms with Gasteiger partial charge >= 0.3 is 5.97 Å². The molecule has 1 aromatic carbocycles. The van der Waals surface area contributed by atoms with E-state index >= 15 is 0 Å². The Kier molecular flexibility index (Phi) is 4.01. The van der Waals surface area contributed by atoms with Gasteiger partial charge in [0.05, 0.1) is 19.2 Å². The second-order valence-electron chi connectivity index (χ2n) is 4.35. The zero-order valence-corrected chi connectivity index (χ0v) is 11.4. The fourth-order valence-corrected chi connectivity index (χ4v) is 3.27. The predicted octanol–water partition coefficient (Wildman–Crippen LogP) is 2.47. The van der Waals surface area contributed by atoms with Crippen molar-refractivity contribution < 1.29 is 14.6 Å². The van der Waals surface area contributed by atoms with Gasteiger partial charge in [0.15, 0.2) is 0 Å². The Balaban J connectivity index is 2.22. The number of anilines is 1. The van der Waals surface area contributed by atoms with E-state index in [1.165, 1.54) is 4.90 Å². The maximum atomic E-state index is 10.7. The zero-order valence-electron chi connectivity index (χ0n) is 10.5. The maximum absolute atomic E-state index is 10.7. The van der Waals surface area contributed by atoms with Crippen LogP contribution in [-0.2, 0) is 4.79 Å². The molecular weight excluding hydrogens is 250 g/mol. The van der Waals surface area contributed by atoms with Crippen LogP contribution in [0.2, 0.25) is 0 Å². The molecule has 2 rings (SSSR count). The molecule has 0 saturated carbocycles. The van der Waals surface area contributed by atoms with Gasteiger partial charge in [-0.3, -0.25) is 4.79 Å². The van der Waals surface area contributed by atoms with Crippen LogP contribution in [0.3, 0.4) is 0 Å². The Hall–Kier alpha value is -1.36. The van der Waals surface area contributed by atoms with Crippen molar-refractivity contribution in [3.05, 3.63) is 18.2 Å². The van der Waals surface area contributed by atoms with E-state index in [1.807, 2.05) is 30.0 Å². The SMILES string of the molecule is COc1ccc2c(c1)SC(C)CN2CCC(=O)O. The Morgan fingerprint density at radius 3 is 3.06 bits per heavy atom. The number of ether oxygens (including phenoxy) is 1. The number of hydrogen-bond donors (Lipinski definition) is 1.